The smallest absolute Gasteiger partial charge is 0.338 e. The van der Waals surface area contributed by atoms with Crippen molar-refractivity contribution in [2.24, 2.45) is 0 Å². The second kappa shape index (κ2) is 11.4. The average Bonchev–Trinajstić information content (AvgIpc) is 3.20. The van der Waals surface area contributed by atoms with Crippen molar-refractivity contribution in [1.29, 1.82) is 0 Å². The third-order valence-corrected chi connectivity index (χ3v) is 6.47. The Kier molecular flexibility index (Phi) is 7.61. The number of halogens is 1. The summed E-state index contributed by atoms with van der Waals surface area (Å²) in [5, 5.41) is 3.24. The first-order valence-electron chi connectivity index (χ1n) is 12.4. The normalized spacial score (nSPS) is 13.0. The van der Waals surface area contributed by atoms with E-state index in [9.17, 15) is 19.2 Å². The lowest BCUT2D eigenvalue weighted by Gasteiger charge is -2.14. The van der Waals surface area contributed by atoms with E-state index in [1.54, 1.807) is 48.5 Å². The van der Waals surface area contributed by atoms with Gasteiger partial charge < -0.3 is 14.8 Å². The fourth-order valence-electron chi connectivity index (χ4n) is 4.09. The Labute approximate surface area is 235 Å². The molecule has 3 amide bonds. The van der Waals surface area contributed by atoms with Crippen LogP contribution in [0.2, 0.25) is 5.02 Å². The molecular formula is C31H23ClN2O6. The fraction of sp³-hybridized carbons (Fsp3) is 0.0968. The number of amides is 3. The second-order valence-corrected chi connectivity index (χ2v) is 9.50. The maximum absolute atomic E-state index is 13.0. The van der Waals surface area contributed by atoms with Gasteiger partial charge in [0.1, 0.15) is 11.5 Å². The van der Waals surface area contributed by atoms with E-state index >= 15 is 0 Å². The van der Waals surface area contributed by atoms with Crippen LogP contribution in [0.1, 0.15) is 43.6 Å². The van der Waals surface area contributed by atoms with Crippen LogP contribution >= 0.6 is 11.6 Å². The predicted octanol–water partition coefficient (Wildman–Crippen LogP) is 6.11. The van der Waals surface area contributed by atoms with Gasteiger partial charge in [-0.25, -0.2) is 4.79 Å². The summed E-state index contributed by atoms with van der Waals surface area (Å²) in [6, 6.07) is 27.0. The number of hydrogen-bond donors (Lipinski definition) is 1. The Balaban J connectivity index is 1.19. The fourth-order valence-corrected chi connectivity index (χ4v) is 4.22. The van der Waals surface area contributed by atoms with Gasteiger partial charge in [0.05, 0.1) is 23.2 Å². The highest BCUT2D eigenvalue weighted by Gasteiger charge is 2.36. The number of para-hydroxylation sites is 1. The number of ether oxygens (including phenoxy) is 2. The van der Waals surface area contributed by atoms with Gasteiger partial charge in [-0.2, -0.15) is 0 Å². The van der Waals surface area contributed by atoms with Crippen LogP contribution in [-0.2, 0) is 16.1 Å². The number of benzene rings is 4. The molecule has 4 aromatic carbocycles. The van der Waals surface area contributed by atoms with E-state index in [2.05, 4.69) is 5.32 Å². The minimum Gasteiger partial charge on any atom is -0.457 e. The molecule has 40 heavy (non-hydrogen) atoms. The maximum atomic E-state index is 13.0. The number of imide groups is 1. The number of anilines is 1. The zero-order valence-corrected chi connectivity index (χ0v) is 22.1. The van der Waals surface area contributed by atoms with Gasteiger partial charge in [-0.15, -0.1) is 0 Å². The van der Waals surface area contributed by atoms with Crippen LogP contribution in [0.5, 0.6) is 11.5 Å². The lowest BCUT2D eigenvalue weighted by atomic mass is 10.1. The SMILES string of the molecule is CC(OC(=O)c1ccc2c(c1)C(=O)N(Cc1ccc(Cl)cc1)C2=O)C(=O)Nc1ccc(Oc2ccccc2)cc1. The summed E-state index contributed by atoms with van der Waals surface area (Å²) in [7, 11) is 0. The molecule has 0 bridgehead atoms. The number of nitrogens with one attached hydrogen (secondary N) is 1. The molecule has 0 aromatic heterocycles. The summed E-state index contributed by atoms with van der Waals surface area (Å²) in [6.07, 6.45) is -1.13. The van der Waals surface area contributed by atoms with Crippen LogP contribution in [-0.4, -0.2) is 34.7 Å². The van der Waals surface area contributed by atoms with Gasteiger partial charge in [-0.1, -0.05) is 41.9 Å². The van der Waals surface area contributed by atoms with Gasteiger partial charge in [-0.05, 0) is 79.2 Å². The predicted molar refractivity (Wildman–Crippen MR) is 149 cm³/mol. The number of esters is 1. The number of fused-ring (bicyclic) bond motifs is 1. The lowest BCUT2D eigenvalue weighted by Crippen LogP contribution is -2.30. The lowest BCUT2D eigenvalue weighted by molar-refractivity contribution is -0.123. The summed E-state index contributed by atoms with van der Waals surface area (Å²) in [5.41, 5.74) is 1.58. The summed E-state index contributed by atoms with van der Waals surface area (Å²) in [6.45, 7) is 1.51. The van der Waals surface area contributed by atoms with Crippen molar-refractivity contribution in [3.8, 4) is 11.5 Å². The molecule has 1 aliphatic heterocycles. The van der Waals surface area contributed by atoms with Gasteiger partial charge >= 0.3 is 5.97 Å². The topological polar surface area (TPSA) is 102 Å². The van der Waals surface area contributed by atoms with E-state index in [4.69, 9.17) is 21.1 Å². The minimum absolute atomic E-state index is 0.0512. The van der Waals surface area contributed by atoms with Crippen LogP contribution in [0.3, 0.4) is 0 Å². The van der Waals surface area contributed by atoms with Crippen LogP contribution in [0.25, 0.3) is 0 Å². The van der Waals surface area contributed by atoms with Gasteiger partial charge in [-0.3, -0.25) is 19.3 Å². The summed E-state index contributed by atoms with van der Waals surface area (Å²) < 4.78 is 11.1. The molecule has 1 N–H and O–H groups in total. The maximum Gasteiger partial charge on any atom is 0.338 e. The van der Waals surface area contributed by atoms with Crippen LogP contribution in [0, 0.1) is 0 Å². The molecule has 0 saturated heterocycles. The van der Waals surface area contributed by atoms with Crippen molar-refractivity contribution in [2.45, 2.75) is 19.6 Å². The monoisotopic (exact) mass is 554 g/mol. The highest BCUT2D eigenvalue weighted by atomic mass is 35.5. The number of carbonyl (C=O) groups excluding carboxylic acids is 4. The van der Waals surface area contributed by atoms with E-state index in [1.165, 1.54) is 25.1 Å². The molecule has 1 atom stereocenters. The molecule has 5 rings (SSSR count). The molecule has 200 valence electrons. The molecule has 1 unspecified atom stereocenters. The van der Waals surface area contributed by atoms with Gasteiger partial charge in [0.15, 0.2) is 6.10 Å². The number of rotatable bonds is 8. The molecule has 1 heterocycles. The van der Waals surface area contributed by atoms with Gasteiger partial charge in [0, 0.05) is 10.7 Å². The standard InChI is InChI=1S/C31H23ClN2O6/c1-19(28(35)33-23-12-14-25(15-13-23)40-24-5-3-2-4-6-24)39-31(38)21-9-16-26-27(17-21)30(37)34(29(26)36)18-20-7-10-22(32)11-8-20/h2-17,19H,18H2,1H3,(H,33,35). The summed E-state index contributed by atoms with van der Waals surface area (Å²) in [5.74, 6) is -1.02. The van der Waals surface area contributed by atoms with Crippen molar-refractivity contribution >= 4 is 41.0 Å². The van der Waals surface area contributed by atoms with E-state index in [-0.39, 0.29) is 23.2 Å². The zero-order valence-electron chi connectivity index (χ0n) is 21.3. The van der Waals surface area contributed by atoms with E-state index in [0.29, 0.717) is 22.2 Å². The minimum atomic E-state index is -1.13. The van der Waals surface area contributed by atoms with E-state index in [0.717, 1.165) is 10.5 Å². The average molecular weight is 555 g/mol. The number of hydrogen-bond acceptors (Lipinski definition) is 6. The quantitative estimate of drug-likeness (QED) is 0.208. The Bertz CT molecular complexity index is 1590. The first-order valence-corrected chi connectivity index (χ1v) is 12.8. The summed E-state index contributed by atoms with van der Waals surface area (Å²) >= 11 is 5.91. The third kappa shape index (κ3) is 5.87. The van der Waals surface area contributed by atoms with Gasteiger partial charge in [0.25, 0.3) is 17.7 Å². The molecule has 0 aliphatic carbocycles. The van der Waals surface area contributed by atoms with Crippen molar-refractivity contribution in [3.63, 3.8) is 0 Å². The van der Waals surface area contributed by atoms with Crippen molar-refractivity contribution < 1.29 is 28.7 Å². The Morgan fingerprint density at radius 1 is 0.825 bits per heavy atom. The zero-order chi connectivity index (χ0) is 28.2. The third-order valence-electron chi connectivity index (χ3n) is 6.21. The molecular weight excluding hydrogens is 532 g/mol. The Hall–Kier alpha value is -4.95. The Morgan fingerprint density at radius 3 is 2.17 bits per heavy atom. The molecule has 4 aromatic rings. The van der Waals surface area contributed by atoms with Crippen LogP contribution < -0.4 is 10.1 Å². The molecule has 0 spiro atoms. The van der Waals surface area contributed by atoms with Crippen LogP contribution in [0.15, 0.2) is 97.1 Å². The first kappa shape index (κ1) is 26.6. The highest BCUT2D eigenvalue weighted by molar-refractivity contribution is 6.30. The highest BCUT2D eigenvalue weighted by Crippen LogP contribution is 2.27. The van der Waals surface area contributed by atoms with Gasteiger partial charge in [0.2, 0.25) is 0 Å². The molecule has 8 nitrogen and oxygen atoms in total. The second-order valence-electron chi connectivity index (χ2n) is 9.06. The molecule has 0 saturated carbocycles. The van der Waals surface area contributed by atoms with E-state index < -0.39 is 29.8 Å². The molecule has 9 heteroatoms. The number of nitrogens with zero attached hydrogens (tertiary/aromatic N) is 1. The van der Waals surface area contributed by atoms with Crippen molar-refractivity contribution in [2.75, 3.05) is 5.32 Å². The Morgan fingerprint density at radius 2 is 1.48 bits per heavy atom. The van der Waals surface area contributed by atoms with E-state index in [1.807, 2.05) is 30.3 Å². The summed E-state index contributed by atoms with van der Waals surface area (Å²) in [4.78, 5) is 52.3. The largest absolute Gasteiger partial charge is 0.457 e. The first-order chi connectivity index (χ1) is 19.3. The molecule has 1 aliphatic rings. The van der Waals surface area contributed by atoms with Crippen LogP contribution in [0.4, 0.5) is 5.69 Å². The molecule has 0 radical (unpaired) electrons. The van der Waals surface area contributed by atoms with Crippen molar-refractivity contribution in [3.05, 3.63) is 124 Å². The molecule has 0 fully saturated rings. The van der Waals surface area contributed by atoms with Crippen molar-refractivity contribution in [1.82, 2.24) is 4.90 Å². The number of carbonyl (C=O) groups is 4.